The van der Waals surface area contributed by atoms with Crippen LogP contribution in [0.15, 0.2) is 18.2 Å². The molecule has 1 N–H and O–H groups in total. The van der Waals surface area contributed by atoms with E-state index >= 15 is 0 Å². The van der Waals surface area contributed by atoms with E-state index < -0.39 is 0 Å². The number of rotatable bonds is 3. The minimum absolute atomic E-state index is 0.230. The molecule has 1 aromatic rings. The molecule has 114 valence electrons. The number of quaternary nitrogens is 1. The average Bonchev–Trinajstić information content (AvgIpc) is 3.07. The number of nitro groups is 1. The van der Waals surface area contributed by atoms with Gasteiger partial charge in [0, 0.05) is 56.1 Å². The predicted octanol–water partition coefficient (Wildman–Crippen LogP) is 2.75. The molecular formula is C16H24N3O2+. The summed E-state index contributed by atoms with van der Waals surface area (Å²) in [6, 6.07) is 6.93. The number of hydrogen-bond donors (Lipinski definition) is 1. The predicted molar refractivity (Wildman–Crippen MR) is 84.5 cm³/mol. The molecule has 0 aromatic heterocycles. The largest absolute Gasteiger partial charge is 0.311 e. The van der Waals surface area contributed by atoms with Gasteiger partial charge in [0.1, 0.15) is 11.7 Å². The first kappa shape index (κ1) is 14.5. The molecule has 2 aliphatic heterocycles. The molecule has 3 rings (SSSR count). The van der Waals surface area contributed by atoms with E-state index in [1.807, 2.05) is 13.0 Å². The molecule has 21 heavy (non-hydrogen) atoms. The van der Waals surface area contributed by atoms with Gasteiger partial charge in [-0.25, -0.2) is 0 Å². The summed E-state index contributed by atoms with van der Waals surface area (Å²) < 4.78 is 1.01. The number of aryl methyl sites for hydroxylation is 1. The average molecular weight is 290 g/mol. The number of nitrogens with zero attached hydrogens (tertiary/aromatic N) is 2. The van der Waals surface area contributed by atoms with Gasteiger partial charge in [0.15, 0.2) is 0 Å². The van der Waals surface area contributed by atoms with Gasteiger partial charge in [-0.15, -0.1) is 0 Å². The Morgan fingerprint density at radius 2 is 2.19 bits per heavy atom. The van der Waals surface area contributed by atoms with E-state index in [1.54, 1.807) is 6.07 Å². The van der Waals surface area contributed by atoms with Crippen molar-refractivity contribution in [2.75, 3.05) is 19.6 Å². The summed E-state index contributed by atoms with van der Waals surface area (Å²) in [6.45, 7) is 7.49. The minimum Gasteiger partial charge on any atom is -0.311 e. The summed E-state index contributed by atoms with van der Waals surface area (Å²) in [4.78, 5) is 10.8. The Morgan fingerprint density at radius 3 is 2.71 bits per heavy atom. The van der Waals surface area contributed by atoms with Crippen LogP contribution in [-0.4, -0.2) is 36.6 Å². The van der Waals surface area contributed by atoms with Crippen molar-refractivity contribution in [3.05, 3.63) is 33.9 Å². The van der Waals surface area contributed by atoms with E-state index in [1.165, 1.54) is 24.9 Å². The Kier molecular flexibility index (Phi) is 3.71. The maximum Gasteiger partial charge on any atom is 0.272 e. The third kappa shape index (κ3) is 2.24. The molecule has 5 heteroatoms. The van der Waals surface area contributed by atoms with Crippen LogP contribution in [0.3, 0.4) is 0 Å². The summed E-state index contributed by atoms with van der Waals surface area (Å²) in [7, 11) is 0. The Labute approximate surface area is 125 Å². The number of hydrogen-bond acceptors (Lipinski definition) is 3. The van der Waals surface area contributed by atoms with Gasteiger partial charge in [0.2, 0.25) is 0 Å². The summed E-state index contributed by atoms with van der Waals surface area (Å²) in [5.41, 5.74) is 2.27. The molecule has 0 amide bonds. The SMILES string of the molecule is Cc1cc([N+]2(C3CCNC3)CCCC2C)ccc1[N+](=O)[O-]. The standard InChI is InChI=1S/C16H24N3O2/c1-12-10-14(5-6-16(12)18(20)21)19(9-3-4-13(19)2)15-7-8-17-11-15/h5-6,10,13,15,17H,3-4,7-9,11H2,1-2H3/q+1. The number of likely N-dealkylation sites (tertiary alicyclic amines) is 1. The Balaban J connectivity index is 2.05. The molecular weight excluding hydrogens is 266 g/mol. The van der Waals surface area contributed by atoms with Crippen molar-refractivity contribution in [1.29, 1.82) is 0 Å². The van der Waals surface area contributed by atoms with Crippen molar-refractivity contribution in [3.8, 4) is 0 Å². The maximum atomic E-state index is 11.0. The first-order valence-electron chi connectivity index (χ1n) is 7.89. The van der Waals surface area contributed by atoms with E-state index in [4.69, 9.17) is 0 Å². The molecule has 2 heterocycles. The summed E-state index contributed by atoms with van der Waals surface area (Å²) >= 11 is 0. The molecule has 0 saturated carbocycles. The van der Waals surface area contributed by atoms with E-state index in [9.17, 15) is 10.1 Å². The van der Waals surface area contributed by atoms with Gasteiger partial charge >= 0.3 is 0 Å². The third-order valence-corrected chi connectivity index (χ3v) is 5.48. The van der Waals surface area contributed by atoms with Gasteiger partial charge in [-0.3, -0.25) is 14.6 Å². The van der Waals surface area contributed by atoms with Crippen LogP contribution in [0.1, 0.15) is 31.7 Å². The summed E-state index contributed by atoms with van der Waals surface area (Å²) in [6.07, 6.45) is 3.68. The molecule has 0 spiro atoms. The lowest BCUT2D eigenvalue weighted by molar-refractivity contribution is -0.385. The number of benzene rings is 1. The van der Waals surface area contributed by atoms with Crippen LogP contribution in [0.2, 0.25) is 0 Å². The van der Waals surface area contributed by atoms with Crippen molar-refractivity contribution in [2.45, 2.75) is 45.2 Å². The highest BCUT2D eigenvalue weighted by molar-refractivity contribution is 5.54. The fourth-order valence-corrected chi connectivity index (χ4v) is 4.37. The summed E-state index contributed by atoms with van der Waals surface area (Å²) in [5.74, 6) is 0. The van der Waals surface area contributed by atoms with Crippen molar-refractivity contribution in [3.63, 3.8) is 0 Å². The normalized spacial score (nSPS) is 32.5. The minimum atomic E-state index is -0.284. The molecule has 2 fully saturated rings. The highest BCUT2D eigenvalue weighted by Gasteiger charge is 2.48. The second-order valence-corrected chi connectivity index (χ2v) is 6.52. The van der Waals surface area contributed by atoms with Crippen molar-refractivity contribution < 1.29 is 4.92 Å². The Bertz CT molecular complexity index is 554. The Hall–Kier alpha value is -1.46. The van der Waals surface area contributed by atoms with Crippen LogP contribution in [0.4, 0.5) is 11.4 Å². The van der Waals surface area contributed by atoms with Gasteiger partial charge in [-0.05, 0) is 13.8 Å². The quantitative estimate of drug-likeness (QED) is 0.529. The third-order valence-electron chi connectivity index (χ3n) is 5.48. The molecule has 2 saturated heterocycles. The lowest BCUT2D eigenvalue weighted by Gasteiger charge is -2.43. The van der Waals surface area contributed by atoms with Crippen molar-refractivity contribution >= 4 is 11.4 Å². The van der Waals surface area contributed by atoms with Crippen molar-refractivity contribution in [2.24, 2.45) is 0 Å². The molecule has 0 radical (unpaired) electrons. The van der Waals surface area contributed by atoms with Crippen LogP contribution in [0.5, 0.6) is 0 Å². The van der Waals surface area contributed by atoms with Crippen LogP contribution in [0, 0.1) is 17.0 Å². The van der Waals surface area contributed by atoms with E-state index in [-0.39, 0.29) is 10.6 Å². The van der Waals surface area contributed by atoms with Crippen LogP contribution in [-0.2, 0) is 0 Å². The Morgan fingerprint density at radius 1 is 1.38 bits per heavy atom. The first-order valence-corrected chi connectivity index (χ1v) is 7.89. The van der Waals surface area contributed by atoms with Gasteiger partial charge in [0.25, 0.3) is 5.69 Å². The summed E-state index contributed by atoms with van der Waals surface area (Å²) in [5, 5.41) is 14.5. The smallest absolute Gasteiger partial charge is 0.272 e. The molecule has 3 atom stereocenters. The van der Waals surface area contributed by atoms with Gasteiger partial charge in [0.05, 0.1) is 17.5 Å². The fourth-order valence-electron chi connectivity index (χ4n) is 4.37. The maximum absolute atomic E-state index is 11.0. The van der Waals surface area contributed by atoms with Crippen LogP contribution in [0.25, 0.3) is 0 Å². The molecule has 2 aliphatic rings. The zero-order valence-electron chi connectivity index (χ0n) is 12.8. The van der Waals surface area contributed by atoms with Gasteiger partial charge in [-0.2, -0.15) is 0 Å². The molecule has 0 aliphatic carbocycles. The topological polar surface area (TPSA) is 55.2 Å². The lowest BCUT2D eigenvalue weighted by atomic mass is 10.0. The zero-order valence-corrected chi connectivity index (χ0v) is 12.8. The van der Waals surface area contributed by atoms with E-state index in [0.29, 0.717) is 12.1 Å². The molecule has 1 aromatic carbocycles. The van der Waals surface area contributed by atoms with Crippen molar-refractivity contribution in [1.82, 2.24) is 9.80 Å². The second-order valence-electron chi connectivity index (χ2n) is 6.52. The number of nitrogens with one attached hydrogen (secondary N) is 1. The highest BCUT2D eigenvalue weighted by atomic mass is 16.6. The molecule has 0 bridgehead atoms. The number of nitro benzene ring substituents is 1. The van der Waals surface area contributed by atoms with E-state index in [2.05, 4.69) is 18.3 Å². The first-order chi connectivity index (χ1) is 10.1. The van der Waals surface area contributed by atoms with Gasteiger partial charge in [-0.1, -0.05) is 0 Å². The monoisotopic (exact) mass is 290 g/mol. The fraction of sp³-hybridized carbons (Fsp3) is 0.625. The van der Waals surface area contributed by atoms with Crippen LogP contribution < -0.4 is 9.80 Å². The van der Waals surface area contributed by atoms with Gasteiger partial charge < -0.3 is 5.32 Å². The highest BCUT2D eigenvalue weighted by Crippen LogP contribution is 2.40. The van der Waals surface area contributed by atoms with E-state index in [0.717, 1.165) is 29.7 Å². The lowest BCUT2D eigenvalue weighted by Crippen LogP contribution is -2.59. The molecule has 3 unspecified atom stereocenters. The second kappa shape index (κ2) is 5.39. The molecule has 5 nitrogen and oxygen atoms in total. The zero-order chi connectivity index (χ0) is 15.0. The van der Waals surface area contributed by atoms with Crippen LogP contribution >= 0.6 is 0 Å².